The molecule has 0 unspecified atom stereocenters. The van der Waals surface area contributed by atoms with Gasteiger partial charge in [-0.2, -0.15) is 0 Å². The number of hydrogen-bond acceptors (Lipinski definition) is 2. The van der Waals surface area contributed by atoms with E-state index >= 15 is 0 Å². The Kier molecular flexibility index (Phi) is 3.82. The van der Waals surface area contributed by atoms with Crippen LogP contribution in [0.25, 0.3) is 0 Å². The molecule has 0 spiro atoms. The summed E-state index contributed by atoms with van der Waals surface area (Å²) in [6.45, 7) is 6.46. The topological polar surface area (TPSA) is 20.3 Å². The van der Waals surface area contributed by atoms with Gasteiger partial charge in [0.2, 0.25) is 0 Å². The van der Waals surface area contributed by atoms with Gasteiger partial charge in [-0.1, -0.05) is 13.8 Å². The van der Waals surface area contributed by atoms with E-state index in [9.17, 15) is 4.79 Å². The minimum Gasteiger partial charge on any atom is -0.372 e. The van der Waals surface area contributed by atoms with Gasteiger partial charge in [0.15, 0.2) is 5.78 Å². The van der Waals surface area contributed by atoms with E-state index in [0.29, 0.717) is 12.3 Å². The van der Waals surface area contributed by atoms with Gasteiger partial charge in [0, 0.05) is 30.8 Å². The molecular weight excluding hydrogens is 210 g/mol. The molecule has 0 aromatic heterocycles. The molecule has 0 saturated carbocycles. The van der Waals surface area contributed by atoms with Crippen molar-refractivity contribution in [2.45, 2.75) is 33.1 Å². The van der Waals surface area contributed by atoms with Crippen LogP contribution in [0, 0.1) is 5.92 Å². The molecule has 0 aliphatic carbocycles. The number of rotatable bonds is 4. The third kappa shape index (κ3) is 3.09. The van der Waals surface area contributed by atoms with Crippen LogP contribution < -0.4 is 4.90 Å². The van der Waals surface area contributed by atoms with Crippen LogP contribution in [-0.4, -0.2) is 18.9 Å². The molecule has 0 N–H and O–H groups in total. The van der Waals surface area contributed by atoms with Crippen LogP contribution in [0.3, 0.4) is 0 Å². The summed E-state index contributed by atoms with van der Waals surface area (Å²) >= 11 is 0. The summed E-state index contributed by atoms with van der Waals surface area (Å²) < 4.78 is 0. The number of Topliss-reactive ketones (excluding diaryl/α,β-unsaturated/α-hetero) is 1. The molecule has 0 radical (unpaired) electrons. The number of anilines is 1. The molecule has 92 valence electrons. The maximum Gasteiger partial charge on any atom is 0.163 e. The third-order valence-corrected chi connectivity index (χ3v) is 3.25. The summed E-state index contributed by atoms with van der Waals surface area (Å²) in [6, 6.07) is 8.11. The lowest BCUT2D eigenvalue weighted by Gasteiger charge is -2.17. The zero-order valence-electron chi connectivity index (χ0n) is 10.8. The molecule has 1 aliphatic heterocycles. The average molecular weight is 231 g/mol. The lowest BCUT2D eigenvalue weighted by Crippen LogP contribution is -2.17. The Morgan fingerprint density at radius 2 is 1.76 bits per heavy atom. The molecule has 2 heteroatoms. The molecule has 1 fully saturated rings. The summed E-state index contributed by atoms with van der Waals surface area (Å²) in [6.07, 6.45) is 3.21. The Bertz CT molecular complexity index is 374. The van der Waals surface area contributed by atoms with Gasteiger partial charge in [0.1, 0.15) is 0 Å². The van der Waals surface area contributed by atoms with Gasteiger partial charge in [0.05, 0.1) is 0 Å². The number of ketones is 1. The van der Waals surface area contributed by atoms with Gasteiger partial charge in [-0.15, -0.1) is 0 Å². The predicted molar refractivity (Wildman–Crippen MR) is 71.7 cm³/mol. The molecule has 1 aliphatic rings. The van der Waals surface area contributed by atoms with E-state index in [1.54, 1.807) is 0 Å². The number of benzene rings is 1. The van der Waals surface area contributed by atoms with E-state index in [4.69, 9.17) is 0 Å². The fourth-order valence-electron chi connectivity index (χ4n) is 2.32. The fraction of sp³-hybridized carbons (Fsp3) is 0.533. The van der Waals surface area contributed by atoms with E-state index in [2.05, 4.69) is 30.9 Å². The van der Waals surface area contributed by atoms with Crippen molar-refractivity contribution < 1.29 is 4.79 Å². The Morgan fingerprint density at radius 3 is 2.29 bits per heavy atom. The summed E-state index contributed by atoms with van der Waals surface area (Å²) in [7, 11) is 0. The molecule has 1 aromatic carbocycles. The van der Waals surface area contributed by atoms with Gasteiger partial charge in [-0.25, -0.2) is 0 Å². The Balaban J connectivity index is 2.04. The van der Waals surface area contributed by atoms with Crippen molar-refractivity contribution in [1.29, 1.82) is 0 Å². The maximum atomic E-state index is 11.9. The molecule has 1 heterocycles. The van der Waals surface area contributed by atoms with E-state index < -0.39 is 0 Å². The SMILES string of the molecule is CC(C)CC(=O)c1ccc(N2CCCC2)cc1. The highest BCUT2D eigenvalue weighted by atomic mass is 16.1. The van der Waals surface area contributed by atoms with E-state index in [-0.39, 0.29) is 5.78 Å². The third-order valence-electron chi connectivity index (χ3n) is 3.25. The predicted octanol–water partition coefficient (Wildman–Crippen LogP) is 3.52. The first-order valence-corrected chi connectivity index (χ1v) is 6.55. The lowest BCUT2D eigenvalue weighted by atomic mass is 10.0. The van der Waals surface area contributed by atoms with Crippen molar-refractivity contribution in [3.05, 3.63) is 29.8 Å². The van der Waals surface area contributed by atoms with Crippen LogP contribution in [0.5, 0.6) is 0 Å². The van der Waals surface area contributed by atoms with Crippen LogP contribution in [0.15, 0.2) is 24.3 Å². The molecule has 0 bridgehead atoms. The lowest BCUT2D eigenvalue weighted by molar-refractivity contribution is 0.0968. The molecule has 0 atom stereocenters. The van der Waals surface area contributed by atoms with Crippen molar-refractivity contribution in [1.82, 2.24) is 0 Å². The quantitative estimate of drug-likeness (QED) is 0.739. The van der Waals surface area contributed by atoms with Crippen molar-refractivity contribution in [3.63, 3.8) is 0 Å². The molecule has 1 saturated heterocycles. The first kappa shape index (κ1) is 12.2. The second kappa shape index (κ2) is 5.35. The minimum absolute atomic E-state index is 0.257. The normalized spacial score (nSPS) is 15.6. The molecule has 2 rings (SSSR count). The van der Waals surface area contributed by atoms with Crippen LogP contribution in [0.4, 0.5) is 5.69 Å². The van der Waals surface area contributed by atoms with Crippen LogP contribution >= 0.6 is 0 Å². The van der Waals surface area contributed by atoms with E-state index in [1.807, 2.05) is 12.1 Å². The van der Waals surface area contributed by atoms with Crippen molar-refractivity contribution in [2.75, 3.05) is 18.0 Å². The molecule has 2 nitrogen and oxygen atoms in total. The number of hydrogen-bond donors (Lipinski definition) is 0. The minimum atomic E-state index is 0.257. The maximum absolute atomic E-state index is 11.9. The number of carbonyl (C=O) groups excluding carboxylic acids is 1. The smallest absolute Gasteiger partial charge is 0.163 e. The molecule has 0 amide bonds. The van der Waals surface area contributed by atoms with Crippen molar-refractivity contribution in [3.8, 4) is 0 Å². The highest BCUT2D eigenvalue weighted by molar-refractivity contribution is 5.96. The average Bonchev–Trinajstić information content (AvgIpc) is 2.82. The van der Waals surface area contributed by atoms with E-state index in [0.717, 1.165) is 18.7 Å². The summed E-state index contributed by atoms with van der Waals surface area (Å²) in [5, 5.41) is 0. The van der Waals surface area contributed by atoms with E-state index in [1.165, 1.54) is 18.5 Å². The van der Waals surface area contributed by atoms with Crippen LogP contribution in [0.2, 0.25) is 0 Å². The molecule has 17 heavy (non-hydrogen) atoms. The zero-order valence-corrected chi connectivity index (χ0v) is 10.8. The zero-order chi connectivity index (χ0) is 12.3. The van der Waals surface area contributed by atoms with Gasteiger partial charge in [0.25, 0.3) is 0 Å². The second-order valence-electron chi connectivity index (χ2n) is 5.26. The Morgan fingerprint density at radius 1 is 1.18 bits per heavy atom. The van der Waals surface area contributed by atoms with Crippen molar-refractivity contribution >= 4 is 11.5 Å². The highest BCUT2D eigenvalue weighted by Gasteiger charge is 2.13. The van der Waals surface area contributed by atoms with Crippen molar-refractivity contribution in [2.24, 2.45) is 5.92 Å². The molecular formula is C15H21NO. The van der Waals surface area contributed by atoms with Gasteiger partial charge in [-0.05, 0) is 43.0 Å². The Labute approximate surface area is 104 Å². The van der Waals surface area contributed by atoms with Crippen LogP contribution in [0.1, 0.15) is 43.5 Å². The van der Waals surface area contributed by atoms with Crippen LogP contribution in [-0.2, 0) is 0 Å². The number of nitrogens with zero attached hydrogens (tertiary/aromatic N) is 1. The first-order chi connectivity index (χ1) is 8.16. The monoisotopic (exact) mass is 231 g/mol. The summed E-state index contributed by atoms with van der Waals surface area (Å²) in [4.78, 5) is 14.3. The molecule has 1 aromatic rings. The van der Waals surface area contributed by atoms with Gasteiger partial charge < -0.3 is 4.90 Å². The highest BCUT2D eigenvalue weighted by Crippen LogP contribution is 2.21. The second-order valence-corrected chi connectivity index (χ2v) is 5.26. The number of carbonyl (C=O) groups is 1. The first-order valence-electron chi connectivity index (χ1n) is 6.55. The Hall–Kier alpha value is -1.31. The standard InChI is InChI=1S/C15H21NO/c1-12(2)11-15(17)13-5-7-14(8-6-13)16-9-3-4-10-16/h5-8,12H,3-4,9-11H2,1-2H3. The van der Waals surface area contributed by atoms with Gasteiger partial charge >= 0.3 is 0 Å². The summed E-state index contributed by atoms with van der Waals surface area (Å²) in [5.41, 5.74) is 2.10. The fourth-order valence-corrected chi connectivity index (χ4v) is 2.32. The van der Waals surface area contributed by atoms with Gasteiger partial charge in [-0.3, -0.25) is 4.79 Å². The largest absolute Gasteiger partial charge is 0.372 e. The summed E-state index contributed by atoms with van der Waals surface area (Å²) in [5.74, 6) is 0.689.